The predicted octanol–water partition coefficient (Wildman–Crippen LogP) is 1.72. The van der Waals surface area contributed by atoms with Gasteiger partial charge in [0.25, 0.3) is 0 Å². The highest BCUT2D eigenvalue weighted by Gasteiger charge is 2.08. The fraction of sp³-hybridized carbons (Fsp3) is 0.0714. The molecule has 0 aliphatic heterocycles. The average molecular weight is 300 g/mol. The number of carboxylic acids is 1. The number of thioether (sulfide) groups is 1. The third-order valence-electron chi connectivity index (χ3n) is 2.78. The van der Waals surface area contributed by atoms with E-state index in [9.17, 15) is 9.90 Å². The first-order valence-electron chi connectivity index (χ1n) is 6.12. The fourth-order valence-corrected chi connectivity index (χ4v) is 2.47. The summed E-state index contributed by atoms with van der Waals surface area (Å²) < 4.78 is 5.23. The first-order valence-corrected chi connectivity index (χ1v) is 7.10. The maximum absolute atomic E-state index is 10.7. The average Bonchev–Trinajstić information content (AvgIpc) is 3.16. The number of nitrogens with zero attached hydrogens (tertiary/aromatic N) is 2. The van der Waals surface area contributed by atoms with E-state index in [1.807, 2.05) is 0 Å². The van der Waals surface area contributed by atoms with Crippen LogP contribution in [0.3, 0.4) is 0 Å². The van der Waals surface area contributed by atoms with Crippen molar-refractivity contribution in [3.63, 3.8) is 0 Å². The third-order valence-corrected chi connectivity index (χ3v) is 3.70. The van der Waals surface area contributed by atoms with Gasteiger partial charge >= 0.3 is 0 Å². The quantitative estimate of drug-likeness (QED) is 0.721. The Hall–Kier alpha value is -2.54. The number of hydrogen-bond donors (Lipinski definition) is 1. The van der Waals surface area contributed by atoms with Crippen LogP contribution in [0.4, 0.5) is 0 Å². The number of carboxylic acid groups (broad SMARTS) is 1. The van der Waals surface area contributed by atoms with Crippen LogP contribution < -0.4 is 5.11 Å². The second kappa shape index (κ2) is 5.84. The maximum atomic E-state index is 10.7. The van der Waals surface area contributed by atoms with Gasteiger partial charge in [0.15, 0.2) is 11.6 Å². The molecule has 2 heterocycles. The van der Waals surface area contributed by atoms with Crippen molar-refractivity contribution in [2.45, 2.75) is 10.9 Å². The Morgan fingerprint density at radius 1 is 1.29 bits per heavy atom. The molecule has 0 aliphatic carbocycles. The molecule has 0 aliphatic rings. The number of H-pyrrole nitrogens is 1. The van der Waals surface area contributed by atoms with Gasteiger partial charge in [-0.25, -0.2) is 0 Å². The molecule has 0 unspecified atom stereocenters. The van der Waals surface area contributed by atoms with Crippen LogP contribution in [0.15, 0.2) is 52.2 Å². The van der Waals surface area contributed by atoms with Crippen molar-refractivity contribution in [1.29, 1.82) is 0 Å². The molecule has 0 amide bonds. The van der Waals surface area contributed by atoms with Crippen molar-refractivity contribution in [3.8, 4) is 11.6 Å². The minimum absolute atomic E-state index is 0.168. The van der Waals surface area contributed by atoms with Gasteiger partial charge in [-0.1, -0.05) is 36.0 Å². The number of benzene rings is 1. The van der Waals surface area contributed by atoms with Gasteiger partial charge in [-0.3, -0.25) is 5.10 Å². The van der Waals surface area contributed by atoms with Gasteiger partial charge < -0.3 is 14.3 Å². The summed E-state index contributed by atoms with van der Waals surface area (Å²) in [6.45, 7) is 0. The molecule has 0 saturated carbocycles. The van der Waals surface area contributed by atoms with Gasteiger partial charge in [0, 0.05) is 5.75 Å². The lowest BCUT2D eigenvalue weighted by Gasteiger charge is -2.03. The van der Waals surface area contributed by atoms with Crippen LogP contribution in [0.5, 0.6) is 0 Å². The van der Waals surface area contributed by atoms with Crippen LogP contribution in [-0.4, -0.2) is 21.2 Å². The molecule has 21 heavy (non-hydrogen) atoms. The molecule has 6 nitrogen and oxygen atoms in total. The highest BCUT2D eigenvalue weighted by atomic mass is 32.2. The van der Waals surface area contributed by atoms with Gasteiger partial charge in [-0.05, 0) is 23.3 Å². The second-order valence-electron chi connectivity index (χ2n) is 4.22. The number of nitrogens with one attached hydrogen (secondary N) is 1. The lowest BCUT2D eigenvalue weighted by atomic mass is 10.1. The summed E-state index contributed by atoms with van der Waals surface area (Å²) in [5, 5.41) is 18.2. The van der Waals surface area contributed by atoms with E-state index in [1.54, 1.807) is 30.5 Å². The number of furan rings is 1. The van der Waals surface area contributed by atoms with Crippen molar-refractivity contribution < 1.29 is 14.3 Å². The van der Waals surface area contributed by atoms with Crippen molar-refractivity contribution in [2.24, 2.45) is 0 Å². The largest absolute Gasteiger partial charge is 0.545 e. The molecular formula is C14H10N3O3S-. The molecule has 1 N–H and O–H groups in total. The van der Waals surface area contributed by atoms with Crippen molar-refractivity contribution >= 4 is 17.7 Å². The smallest absolute Gasteiger partial charge is 0.209 e. The number of carbonyl (C=O) groups excluding carboxylic acids is 1. The van der Waals surface area contributed by atoms with E-state index < -0.39 is 5.97 Å². The maximum Gasteiger partial charge on any atom is 0.209 e. The summed E-state index contributed by atoms with van der Waals surface area (Å²) in [5.41, 5.74) is 1.15. The number of rotatable bonds is 5. The fourth-order valence-electron chi connectivity index (χ4n) is 1.72. The summed E-state index contributed by atoms with van der Waals surface area (Å²) in [7, 11) is 0. The van der Waals surface area contributed by atoms with E-state index in [4.69, 9.17) is 4.42 Å². The molecule has 0 fully saturated rings. The highest BCUT2D eigenvalue weighted by Crippen LogP contribution is 2.22. The van der Waals surface area contributed by atoms with Gasteiger partial charge in [0.2, 0.25) is 5.16 Å². The molecule has 0 saturated heterocycles. The van der Waals surface area contributed by atoms with Gasteiger partial charge in [0.05, 0.1) is 12.2 Å². The van der Waals surface area contributed by atoms with Crippen LogP contribution >= 0.6 is 11.8 Å². The minimum Gasteiger partial charge on any atom is -0.545 e. The molecular weight excluding hydrogens is 290 g/mol. The standard InChI is InChI=1S/C14H11N3O3S/c18-13(19)10-5-3-9(4-6-10)8-21-14-15-12(16-17-14)11-2-1-7-20-11/h1-7H,8H2,(H,18,19)(H,15,16,17)/p-1. The zero-order valence-electron chi connectivity index (χ0n) is 10.8. The predicted molar refractivity (Wildman–Crippen MR) is 74.4 cm³/mol. The minimum atomic E-state index is -1.17. The van der Waals surface area contributed by atoms with E-state index >= 15 is 0 Å². The molecule has 0 spiro atoms. The summed E-state index contributed by atoms with van der Waals surface area (Å²) in [4.78, 5) is 15.0. The topological polar surface area (TPSA) is 94.8 Å². The van der Waals surface area contributed by atoms with Crippen molar-refractivity contribution in [1.82, 2.24) is 15.2 Å². The number of aromatic nitrogens is 3. The van der Waals surface area contributed by atoms with Gasteiger partial charge in [-0.2, -0.15) is 4.98 Å². The third kappa shape index (κ3) is 3.14. The Morgan fingerprint density at radius 2 is 2.10 bits per heavy atom. The van der Waals surface area contributed by atoms with E-state index in [1.165, 1.54) is 23.9 Å². The highest BCUT2D eigenvalue weighted by molar-refractivity contribution is 7.98. The molecule has 3 aromatic rings. The Labute approximate surface area is 124 Å². The summed E-state index contributed by atoms with van der Waals surface area (Å²) >= 11 is 1.45. The molecule has 7 heteroatoms. The number of hydrogen-bond acceptors (Lipinski definition) is 6. The summed E-state index contributed by atoms with van der Waals surface area (Å²) in [5.74, 6) is 0.677. The summed E-state index contributed by atoms with van der Waals surface area (Å²) in [6, 6.07) is 10.1. The molecule has 1 aromatic carbocycles. The van der Waals surface area contributed by atoms with Gasteiger partial charge in [-0.15, -0.1) is 5.10 Å². The Bertz CT molecular complexity index is 735. The monoisotopic (exact) mass is 300 g/mol. The first-order chi connectivity index (χ1) is 10.2. The molecule has 3 rings (SSSR count). The lowest BCUT2D eigenvalue weighted by Crippen LogP contribution is -2.21. The number of carbonyl (C=O) groups is 1. The van der Waals surface area contributed by atoms with Crippen LogP contribution in [0.1, 0.15) is 15.9 Å². The molecule has 0 radical (unpaired) electrons. The SMILES string of the molecule is O=C([O-])c1ccc(CSc2n[nH]c(-c3ccco3)n2)cc1. The van der Waals surface area contributed by atoms with Crippen molar-refractivity contribution in [3.05, 3.63) is 53.8 Å². The normalized spacial score (nSPS) is 10.7. The van der Waals surface area contributed by atoms with Crippen LogP contribution in [0, 0.1) is 0 Å². The van der Waals surface area contributed by atoms with Crippen LogP contribution in [-0.2, 0) is 5.75 Å². The molecule has 0 atom stereocenters. The molecule has 106 valence electrons. The number of aromatic carboxylic acids is 1. The van der Waals surface area contributed by atoms with Gasteiger partial charge in [0.1, 0.15) is 0 Å². The first kappa shape index (κ1) is 13.4. The Kier molecular flexibility index (Phi) is 3.74. The van der Waals surface area contributed by atoms with E-state index in [0.717, 1.165) is 5.56 Å². The zero-order valence-corrected chi connectivity index (χ0v) is 11.6. The Balaban J connectivity index is 1.64. The van der Waals surface area contributed by atoms with Crippen LogP contribution in [0.25, 0.3) is 11.6 Å². The molecule has 0 bridgehead atoms. The number of aromatic amines is 1. The van der Waals surface area contributed by atoms with E-state index in [0.29, 0.717) is 22.5 Å². The Morgan fingerprint density at radius 3 is 2.76 bits per heavy atom. The zero-order chi connectivity index (χ0) is 14.7. The van der Waals surface area contributed by atoms with Crippen molar-refractivity contribution in [2.75, 3.05) is 0 Å². The molecule has 2 aromatic heterocycles. The van der Waals surface area contributed by atoms with E-state index in [2.05, 4.69) is 15.2 Å². The second-order valence-corrected chi connectivity index (χ2v) is 5.16. The van der Waals surface area contributed by atoms with Crippen LogP contribution in [0.2, 0.25) is 0 Å². The van der Waals surface area contributed by atoms with E-state index in [-0.39, 0.29) is 5.56 Å². The summed E-state index contributed by atoms with van der Waals surface area (Å²) in [6.07, 6.45) is 1.57. The lowest BCUT2D eigenvalue weighted by molar-refractivity contribution is -0.255.